The van der Waals surface area contributed by atoms with Gasteiger partial charge >= 0.3 is 0 Å². The van der Waals surface area contributed by atoms with E-state index in [1.54, 1.807) is 5.54 Å². The van der Waals surface area contributed by atoms with Gasteiger partial charge in [-0.25, -0.2) is 0 Å². The lowest BCUT2D eigenvalue weighted by Crippen LogP contribution is -2.29. The van der Waals surface area contributed by atoms with Crippen LogP contribution in [0.3, 0.4) is 0 Å². The molecule has 1 fully saturated rings. The Labute approximate surface area is 59.5 Å². The number of nitrogens with one attached hydrogen (secondary N) is 1. The molecule has 0 aliphatic heterocycles. The lowest BCUT2D eigenvalue weighted by atomic mass is 9.96. The van der Waals surface area contributed by atoms with E-state index in [9.17, 15) is 4.48 Å². The highest BCUT2D eigenvalue weighted by molar-refractivity contribution is 6.20. The van der Waals surface area contributed by atoms with Crippen molar-refractivity contribution in [3.8, 4) is 0 Å². The fourth-order valence-corrected chi connectivity index (χ4v) is 1.60. The standard InChI is InChI=1S/C6H11ClFN/c7-5-2-1-3-6(4-5)9-8/h5-6,9H,1-4H2. The molecule has 2 atom stereocenters. The van der Waals surface area contributed by atoms with Crippen LogP contribution in [-0.4, -0.2) is 11.4 Å². The number of alkyl halides is 1. The summed E-state index contributed by atoms with van der Waals surface area (Å²) in [6.07, 6.45) is 3.80. The third-order valence-corrected chi connectivity index (χ3v) is 2.16. The van der Waals surface area contributed by atoms with Crippen molar-refractivity contribution in [2.75, 3.05) is 0 Å². The van der Waals surface area contributed by atoms with E-state index >= 15 is 0 Å². The van der Waals surface area contributed by atoms with Gasteiger partial charge in [0.1, 0.15) is 0 Å². The highest BCUT2D eigenvalue weighted by atomic mass is 35.5. The predicted octanol–water partition coefficient (Wildman–Crippen LogP) is 2.01. The summed E-state index contributed by atoms with van der Waals surface area (Å²) in [7, 11) is 0. The molecular formula is C6H11ClFN. The van der Waals surface area contributed by atoms with Gasteiger partial charge in [0.2, 0.25) is 0 Å². The van der Waals surface area contributed by atoms with Crippen molar-refractivity contribution in [1.29, 1.82) is 0 Å². The maximum atomic E-state index is 11.7. The predicted molar refractivity (Wildman–Crippen MR) is 36.1 cm³/mol. The lowest BCUT2D eigenvalue weighted by Gasteiger charge is -2.22. The second-order valence-electron chi connectivity index (χ2n) is 2.57. The molecule has 0 aromatic rings. The Morgan fingerprint density at radius 1 is 1.44 bits per heavy atom. The second kappa shape index (κ2) is 3.37. The third-order valence-electron chi connectivity index (χ3n) is 1.76. The maximum absolute atomic E-state index is 11.7. The zero-order valence-electron chi connectivity index (χ0n) is 5.24. The minimum Gasteiger partial charge on any atom is -0.156 e. The van der Waals surface area contributed by atoms with Gasteiger partial charge in [-0.05, 0) is 19.3 Å². The molecule has 1 N–H and O–H groups in total. The number of rotatable bonds is 1. The monoisotopic (exact) mass is 151 g/mol. The fraction of sp³-hybridized carbons (Fsp3) is 1.00. The van der Waals surface area contributed by atoms with Crippen LogP contribution >= 0.6 is 11.6 Å². The molecule has 0 saturated heterocycles. The van der Waals surface area contributed by atoms with E-state index in [0.717, 1.165) is 25.7 Å². The van der Waals surface area contributed by atoms with Gasteiger partial charge in [-0.3, -0.25) is 0 Å². The zero-order chi connectivity index (χ0) is 6.69. The van der Waals surface area contributed by atoms with Crippen LogP contribution < -0.4 is 5.54 Å². The van der Waals surface area contributed by atoms with Crippen molar-refractivity contribution in [3.63, 3.8) is 0 Å². The first-order valence-corrected chi connectivity index (χ1v) is 3.77. The van der Waals surface area contributed by atoms with Gasteiger partial charge in [-0.2, -0.15) is 5.54 Å². The van der Waals surface area contributed by atoms with Crippen LogP contribution in [0.1, 0.15) is 25.7 Å². The molecule has 0 spiro atoms. The Morgan fingerprint density at radius 2 is 2.22 bits per heavy atom. The van der Waals surface area contributed by atoms with Crippen molar-refractivity contribution in [1.82, 2.24) is 5.54 Å². The highest BCUT2D eigenvalue weighted by Crippen LogP contribution is 2.22. The molecule has 1 saturated carbocycles. The molecule has 1 rings (SSSR count). The van der Waals surface area contributed by atoms with Crippen molar-refractivity contribution < 1.29 is 4.48 Å². The zero-order valence-corrected chi connectivity index (χ0v) is 5.99. The summed E-state index contributed by atoms with van der Waals surface area (Å²) < 4.78 is 11.7. The molecular weight excluding hydrogens is 141 g/mol. The minimum absolute atomic E-state index is 0.0150. The van der Waals surface area contributed by atoms with Gasteiger partial charge in [0, 0.05) is 11.4 Å². The highest BCUT2D eigenvalue weighted by Gasteiger charge is 2.19. The van der Waals surface area contributed by atoms with Crippen molar-refractivity contribution in [2.24, 2.45) is 0 Å². The van der Waals surface area contributed by atoms with Crippen molar-refractivity contribution in [2.45, 2.75) is 37.1 Å². The summed E-state index contributed by atoms with van der Waals surface area (Å²) in [5.41, 5.74) is 1.75. The molecule has 9 heavy (non-hydrogen) atoms. The van der Waals surface area contributed by atoms with E-state index in [1.165, 1.54) is 0 Å². The summed E-state index contributed by atoms with van der Waals surface area (Å²) in [4.78, 5) is 0. The Kier molecular flexibility index (Phi) is 2.73. The molecule has 3 heteroatoms. The van der Waals surface area contributed by atoms with Gasteiger partial charge in [0.25, 0.3) is 0 Å². The number of hydrogen-bond acceptors (Lipinski definition) is 1. The molecule has 0 bridgehead atoms. The van der Waals surface area contributed by atoms with Crippen molar-refractivity contribution in [3.05, 3.63) is 0 Å². The number of halogens is 2. The van der Waals surface area contributed by atoms with Crippen LogP contribution in [0.25, 0.3) is 0 Å². The summed E-state index contributed by atoms with van der Waals surface area (Å²) in [6.45, 7) is 0. The van der Waals surface area contributed by atoms with Gasteiger partial charge in [0.15, 0.2) is 0 Å². The second-order valence-corrected chi connectivity index (χ2v) is 3.19. The van der Waals surface area contributed by atoms with Gasteiger partial charge in [-0.1, -0.05) is 6.42 Å². The summed E-state index contributed by atoms with van der Waals surface area (Å²) in [5.74, 6) is 0. The van der Waals surface area contributed by atoms with Gasteiger partial charge < -0.3 is 0 Å². The van der Waals surface area contributed by atoms with Crippen LogP contribution in [0.4, 0.5) is 4.48 Å². The molecule has 0 radical (unpaired) electrons. The largest absolute Gasteiger partial charge is 0.156 e. The average Bonchev–Trinajstić information content (AvgIpc) is 1.88. The van der Waals surface area contributed by atoms with Crippen LogP contribution in [0.2, 0.25) is 0 Å². The van der Waals surface area contributed by atoms with Crippen LogP contribution in [0.15, 0.2) is 0 Å². The Balaban J connectivity index is 2.23. The first kappa shape index (κ1) is 7.29. The summed E-state index contributed by atoms with van der Waals surface area (Å²) in [6, 6.07) is 0.0150. The lowest BCUT2D eigenvalue weighted by molar-refractivity contribution is 0.228. The van der Waals surface area contributed by atoms with E-state index in [2.05, 4.69) is 0 Å². The Hall–Kier alpha value is 0.180. The summed E-state index contributed by atoms with van der Waals surface area (Å²) in [5, 5.41) is 0.187. The first-order chi connectivity index (χ1) is 4.33. The van der Waals surface area contributed by atoms with E-state index < -0.39 is 0 Å². The SMILES string of the molecule is FNC1CCCC(Cl)C1. The quantitative estimate of drug-likeness (QED) is 0.447. The van der Waals surface area contributed by atoms with Crippen LogP contribution in [0.5, 0.6) is 0 Å². The van der Waals surface area contributed by atoms with E-state index in [4.69, 9.17) is 11.6 Å². The molecule has 0 aromatic heterocycles. The minimum atomic E-state index is 0.0150. The maximum Gasteiger partial charge on any atom is 0.0385 e. The van der Waals surface area contributed by atoms with E-state index in [1.807, 2.05) is 0 Å². The topological polar surface area (TPSA) is 12.0 Å². The normalized spacial score (nSPS) is 36.7. The molecule has 1 nitrogen and oxygen atoms in total. The molecule has 2 unspecified atom stereocenters. The van der Waals surface area contributed by atoms with Crippen LogP contribution in [0, 0.1) is 0 Å². The van der Waals surface area contributed by atoms with Gasteiger partial charge in [0.05, 0.1) is 0 Å². The van der Waals surface area contributed by atoms with Crippen molar-refractivity contribution >= 4 is 11.6 Å². The fourth-order valence-electron chi connectivity index (χ4n) is 1.23. The number of hydrogen-bond donors (Lipinski definition) is 1. The van der Waals surface area contributed by atoms with E-state index in [0.29, 0.717) is 0 Å². The molecule has 1 aliphatic rings. The first-order valence-electron chi connectivity index (χ1n) is 3.33. The third kappa shape index (κ3) is 2.11. The van der Waals surface area contributed by atoms with Crippen LogP contribution in [-0.2, 0) is 0 Å². The molecule has 1 aliphatic carbocycles. The summed E-state index contributed by atoms with van der Waals surface area (Å²) >= 11 is 5.78. The molecule has 0 amide bonds. The molecule has 0 aromatic carbocycles. The van der Waals surface area contributed by atoms with Gasteiger partial charge in [-0.15, -0.1) is 16.1 Å². The molecule has 54 valence electrons. The van der Waals surface area contributed by atoms with E-state index in [-0.39, 0.29) is 11.4 Å². The molecule has 0 heterocycles. The Morgan fingerprint density at radius 3 is 2.67 bits per heavy atom. The average molecular weight is 152 g/mol. The Bertz CT molecular complexity index is 89.1. The smallest absolute Gasteiger partial charge is 0.0385 e.